The van der Waals surface area contributed by atoms with E-state index in [2.05, 4.69) is 20.6 Å². The second-order valence-electron chi connectivity index (χ2n) is 6.90. The quantitative estimate of drug-likeness (QED) is 0.589. The topological polar surface area (TPSA) is 79.0 Å². The molecule has 3 N–H and O–H groups in total. The molecule has 2 aromatic heterocycles. The molecule has 1 aliphatic rings. The molecule has 6 nitrogen and oxygen atoms in total. The van der Waals surface area contributed by atoms with Gasteiger partial charge in [0.15, 0.2) is 0 Å². The molecule has 3 aromatic rings. The summed E-state index contributed by atoms with van der Waals surface area (Å²) in [6.07, 6.45) is -1.06. The first kappa shape index (κ1) is 19.3. The van der Waals surface area contributed by atoms with Gasteiger partial charge in [0.25, 0.3) is 0 Å². The van der Waals surface area contributed by atoms with Gasteiger partial charge >= 0.3 is 6.18 Å². The minimum Gasteiger partial charge on any atom is -0.493 e. The summed E-state index contributed by atoms with van der Waals surface area (Å²) in [5.41, 5.74) is 1.30. The van der Waals surface area contributed by atoms with Crippen LogP contribution in [-0.4, -0.2) is 35.6 Å². The van der Waals surface area contributed by atoms with E-state index in [1.54, 1.807) is 12.3 Å². The second-order valence-corrected chi connectivity index (χ2v) is 6.90. The number of aromatic nitrogens is 2. The number of benzene rings is 1. The summed E-state index contributed by atoms with van der Waals surface area (Å²) in [5.74, 6) is 0.570. The number of pyridine rings is 1. The van der Waals surface area contributed by atoms with Crippen LogP contribution in [0, 0.1) is 5.92 Å². The number of carbonyl (C=O) groups is 1. The fourth-order valence-electron chi connectivity index (χ4n) is 3.03. The van der Waals surface area contributed by atoms with E-state index in [1.807, 2.05) is 12.1 Å². The number of alkyl halides is 3. The monoisotopic (exact) mass is 404 g/mol. The number of fused-ring (bicyclic) bond motifs is 1. The zero-order valence-electron chi connectivity index (χ0n) is 15.3. The number of halogens is 3. The van der Waals surface area contributed by atoms with E-state index in [0.717, 1.165) is 17.0 Å². The zero-order chi connectivity index (χ0) is 20.4. The lowest BCUT2D eigenvalue weighted by atomic mass is 10.0. The van der Waals surface area contributed by atoms with Crippen molar-refractivity contribution in [3.8, 4) is 5.75 Å². The molecule has 3 heterocycles. The molecule has 0 radical (unpaired) electrons. The minimum atomic E-state index is -4.44. The van der Waals surface area contributed by atoms with Crippen LogP contribution in [0.1, 0.15) is 11.3 Å². The average Bonchev–Trinajstić information content (AvgIpc) is 3.02. The van der Waals surface area contributed by atoms with Gasteiger partial charge in [-0.1, -0.05) is 6.07 Å². The van der Waals surface area contributed by atoms with Crippen LogP contribution in [-0.2, 0) is 17.4 Å². The van der Waals surface area contributed by atoms with E-state index in [-0.39, 0.29) is 11.8 Å². The summed E-state index contributed by atoms with van der Waals surface area (Å²) in [6.45, 7) is 1.65. The van der Waals surface area contributed by atoms with Crippen LogP contribution in [0.15, 0.2) is 42.7 Å². The Morgan fingerprint density at radius 3 is 2.72 bits per heavy atom. The highest BCUT2D eigenvalue weighted by atomic mass is 19.4. The van der Waals surface area contributed by atoms with Crippen molar-refractivity contribution in [3.63, 3.8) is 0 Å². The highest BCUT2D eigenvalue weighted by Crippen LogP contribution is 2.29. The Labute approximate surface area is 164 Å². The Morgan fingerprint density at radius 1 is 1.24 bits per heavy atom. The molecule has 1 aromatic carbocycles. The number of hydrogen-bond donors (Lipinski definition) is 3. The standard InChI is InChI=1S/C20H19F3N4O2/c21-20(22,23)18-4-1-12(8-26-18)5-6-29-14-2-3-16-15(7-14)17(11-25-16)27-19(28)13-9-24-10-13/h1-4,7-8,11,13,24-25H,5-6,9-10H2,(H,27,28). The number of ether oxygens (including phenoxy) is 1. The van der Waals surface area contributed by atoms with E-state index < -0.39 is 11.9 Å². The Balaban J connectivity index is 1.38. The van der Waals surface area contributed by atoms with Crippen molar-refractivity contribution in [2.75, 3.05) is 25.0 Å². The summed E-state index contributed by atoms with van der Waals surface area (Å²) >= 11 is 0. The third kappa shape index (κ3) is 4.34. The maximum Gasteiger partial charge on any atom is 0.433 e. The SMILES string of the molecule is O=C(Nc1c[nH]c2ccc(OCCc3ccc(C(F)(F)F)nc3)cc12)C1CNC1. The Bertz CT molecular complexity index is 1010. The first-order chi connectivity index (χ1) is 13.9. The first-order valence-corrected chi connectivity index (χ1v) is 9.18. The van der Waals surface area contributed by atoms with Crippen LogP contribution in [0.3, 0.4) is 0 Å². The molecular weight excluding hydrogens is 385 g/mol. The smallest absolute Gasteiger partial charge is 0.433 e. The number of hydrogen-bond acceptors (Lipinski definition) is 4. The van der Waals surface area contributed by atoms with Gasteiger partial charge in [-0.25, -0.2) is 0 Å². The summed E-state index contributed by atoms with van der Waals surface area (Å²) < 4.78 is 43.4. The number of nitrogens with zero attached hydrogens (tertiary/aromatic N) is 1. The van der Waals surface area contributed by atoms with Crippen molar-refractivity contribution < 1.29 is 22.7 Å². The molecule has 0 saturated carbocycles. The van der Waals surface area contributed by atoms with Crippen LogP contribution < -0.4 is 15.4 Å². The molecule has 4 rings (SSSR count). The van der Waals surface area contributed by atoms with Gasteiger partial charge in [0.05, 0.1) is 18.2 Å². The third-order valence-corrected chi connectivity index (χ3v) is 4.84. The molecule has 152 valence electrons. The van der Waals surface area contributed by atoms with Gasteiger partial charge in [-0.05, 0) is 29.8 Å². The molecule has 0 atom stereocenters. The average molecular weight is 404 g/mol. The summed E-state index contributed by atoms with van der Waals surface area (Å²) in [4.78, 5) is 18.7. The molecule has 29 heavy (non-hydrogen) atoms. The van der Waals surface area contributed by atoms with Crippen LogP contribution in [0.2, 0.25) is 0 Å². The normalized spacial score (nSPS) is 14.6. The van der Waals surface area contributed by atoms with Crippen LogP contribution in [0.4, 0.5) is 18.9 Å². The number of nitrogens with one attached hydrogen (secondary N) is 3. The Hall–Kier alpha value is -3.07. The van der Waals surface area contributed by atoms with Crippen molar-refractivity contribution in [1.82, 2.24) is 15.3 Å². The van der Waals surface area contributed by atoms with Crippen molar-refractivity contribution in [3.05, 3.63) is 54.0 Å². The zero-order valence-corrected chi connectivity index (χ0v) is 15.3. The van der Waals surface area contributed by atoms with Crippen LogP contribution >= 0.6 is 0 Å². The summed E-state index contributed by atoms with van der Waals surface area (Å²) in [5, 5.41) is 6.83. The predicted molar refractivity (Wildman–Crippen MR) is 102 cm³/mol. The first-order valence-electron chi connectivity index (χ1n) is 9.18. The molecule has 9 heteroatoms. The molecule has 0 spiro atoms. The van der Waals surface area contributed by atoms with Gasteiger partial charge in [0.1, 0.15) is 11.4 Å². The Morgan fingerprint density at radius 2 is 2.07 bits per heavy atom. The summed E-state index contributed by atoms with van der Waals surface area (Å²) in [7, 11) is 0. The van der Waals surface area contributed by atoms with E-state index in [0.29, 0.717) is 43.1 Å². The predicted octanol–water partition coefficient (Wildman–Crippen LogP) is 3.36. The van der Waals surface area contributed by atoms with Gasteiger partial charge in [-0.2, -0.15) is 13.2 Å². The van der Waals surface area contributed by atoms with Gasteiger partial charge < -0.3 is 20.4 Å². The fourth-order valence-corrected chi connectivity index (χ4v) is 3.03. The molecule has 1 amide bonds. The van der Waals surface area contributed by atoms with Crippen molar-refractivity contribution in [2.24, 2.45) is 5.92 Å². The number of carbonyl (C=O) groups excluding carboxylic acids is 1. The minimum absolute atomic E-state index is 0.0169. The van der Waals surface area contributed by atoms with Gasteiger partial charge in [0, 0.05) is 42.8 Å². The van der Waals surface area contributed by atoms with Crippen molar-refractivity contribution in [1.29, 1.82) is 0 Å². The number of aromatic amines is 1. The largest absolute Gasteiger partial charge is 0.493 e. The molecule has 0 unspecified atom stereocenters. The number of H-pyrrole nitrogens is 1. The highest BCUT2D eigenvalue weighted by Gasteiger charge is 2.32. The molecule has 1 fully saturated rings. The van der Waals surface area contributed by atoms with Gasteiger partial charge in [0.2, 0.25) is 5.91 Å². The fraction of sp³-hybridized carbons (Fsp3) is 0.300. The lowest BCUT2D eigenvalue weighted by Crippen LogP contribution is -2.48. The molecule has 0 aliphatic carbocycles. The second kappa shape index (κ2) is 7.75. The van der Waals surface area contributed by atoms with Crippen molar-refractivity contribution >= 4 is 22.5 Å². The lowest BCUT2D eigenvalue weighted by molar-refractivity contribution is -0.141. The van der Waals surface area contributed by atoms with Gasteiger partial charge in [-0.15, -0.1) is 0 Å². The van der Waals surface area contributed by atoms with Crippen LogP contribution in [0.5, 0.6) is 5.75 Å². The van der Waals surface area contributed by atoms with E-state index in [9.17, 15) is 18.0 Å². The lowest BCUT2D eigenvalue weighted by Gasteiger charge is -2.25. The van der Waals surface area contributed by atoms with E-state index in [4.69, 9.17) is 4.74 Å². The maximum atomic E-state index is 12.6. The molecule has 1 saturated heterocycles. The third-order valence-electron chi connectivity index (χ3n) is 4.84. The molecule has 1 aliphatic heterocycles. The number of rotatable bonds is 6. The van der Waals surface area contributed by atoms with Crippen LogP contribution in [0.25, 0.3) is 10.9 Å². The maximum absolute atomic E-state index is 12.6. The van der Waals surface area contributed by atoms with E-state index >= 15 is 0 Å². The van der Waals surface area contributed by atoms with E-state index in [1.165, 1.54) is 12.3 Å². The summed E-state index contributed by atoms with van der Waals surface area (Å²) in [6, 6.07) is 7.84. The van der Waals surface area contributed by atoms with Crippen molar-refractivity contribution in [2.45, 2.75) is 12.6 Å². The molecular formula is C20H19F3N4O2. The Kier molecular flexibility index (Phi) is 5.14. The molecule has 0 bridgehead atoms. The number of amides is 1. The number of anilines is 1. The van der Waals surface area contributed by atoms with Gasteiger partial charge in [-0.3, -0.25) is 9.78 Å². The highest BCUT2D eigenvalue weighted by molar-refractivity contribution is 6.03.